The van der Waals surface area contributed by atoms with Gasteiger partial charge >= 0.3 is 0 Å². The van der Waals surface area contributed by atoms with Gasteiger partial charge in [0.1, 0.15) is 40.5 Å². The van der Waals surface area contributed by atoms with E-state index in [1.54, 1.807) is 0 Å². The maximum Gasteiger partial charge on any atom is 0.143 e. The van der Waals surface area contributed by atoms with Crippen LogP contribution in [0.1, 0.15) is 29.0 Å². The van der Waals surface area contributed by atoms with Crippen LogP contribution in [0.15, 0.2) is 196 Å². The summed E-state index contributed by atoms with van der Waals surface area (Å²) in [6.45, 7) is 0. The van der Waals surface area contributed by atoms with Crippen LogP contribution in [0.25, 0.3) is 82.5 Å². The molecule has 0 spiro atoms. The van der Waals surface area contributed by atoms with E-state index in [1.165, 1.54) is 10.8 Å². The van der Waals surface area contributed by atoms with Crippen molar-refractivity contribution >= 4 is 71.5 Å². The maximum absolute atomic E-state index is 6.86. The second-order valence-corrected chi connectivity index (χ2v) is 14.7. The van der Waals surface area contributed by atoms with E-state index in [0.717, 1.165) is 94.3 Å². The van der Waals surface area contributed by atoms with Gasteiger partial charge in [-0.15, -0.1) is 0 Å². The number of furan rings is 2. The fourth-order valence-corrected chi connectivity index (χ4v) is 9.00. The van der Waals surface area contributed by atoms with E-state index in [4.69, 9.17) is 13.8 Å². The lowest BCUT2D eigenvalue weighted by atomic mass is 9.97. The van der Waals surface area contributed by atoms with Gasteiger partial charge in [0.25, 0.3) is 0 Å². The number of para-hydroxylation sites is 4. The Labute approximate surface area is 327 Å². The summed E-state index contributed by atoms with van der Waals surface area (Å²) in [5.74, 6) is 0.843. The molecule has 1 aliphatic heterocycles. The van der Waals surface area contributed by atoms with Crippen molar-refractivity contribution in [2.24, 2.45) is 4.99 Å². The van der Waals surface area contributed by atoms with Crippen LogP contribution in [0.5, 0.6) is 0 Å². The molecule has 1 aliphatic rings. The van der Waals surface area contributed by atoms with Crippen LogP contribution in [0.3, 0.4) is 0 Å². The zero-order chi connectivity index (χ0) is 37.5. The van der Waals surface area contributed by atoms with Crippen LogP contribution < -0.4 is 10.6 Å². The standard InChI is InChI=1S/C51H34N4O2/c1-3-15-31(16-4-1)49-52-50(32-17-5-2-6-18-32)54-51(53-49)39-25-13-29-43-45(39)37-23-11-21-35(47(37)56-43)36-22-12-24-38-46-42(28-14-30-44(46)57-48(36)38)55-40-26-9-7-19-33(40)34-20-8-10-27-41(34)55/h1-30,49,51,53H,(H,52,54). The third-order valence-corrected chi connectivity index (χ3v) is 11.5. The molecule has 6 heteroatoms. The van der Waals surface area contributed by atoms with Crippen molar-refractivity contribution in [1.82, 2.24) is 15.2 Å². The van der Waals surface area contributed by atoms with E-state index in [9.17, 15) is 0 Å². The number of nitrogens with zero attached hydrogens (tertiary/aromatic N) is 2. The Hall–Kier alpha value is -7.41. The van der Waals surface area contributed by atoms with Gasteiger partial charge in [-0.3, -0.25) is 5.32 Å². The molecule has 3 aromatic heterocycles. The summed E-state index contributed by atoms with van der Waals surface area (Å²) in [7, 11) is 0. The zero-order valence-corrected chi connectivity index (χ0v) is 30.7. The van der Waals surface area contributed by atoms with E-state index in [0.29, 0.717) is 0 Å². The second kappa shape index (κ2) is 12.6. The van der Waals surface area contributed by atoms with E-state index in [1.807, 2.05) is 24.3 Å². The van der Waals surface area contributed by atoms with Gasteiger partial charge < -0.3 is 18.7 Å². The Bertz CT molecular complexity index is 3320. The number of nitrogens with one attached hydrogen (secondary N) is 2. The van der Waals surface area contributed by atoms with E-state index >= 15 is 0 Å². The summed E-state index contributed by atoms with van der Waals surface area (Å²) in [5.41, 5.74) is 11.9. The SMILES string of the molecule is c1ccc(C2=NC(c3cccc4oc5c(-c6cccc7c6oc6cccc(-n8c9ccccc9c9ccccc98)c67)cccc5c34)NC(c3ccccc3)N2)cc1. The van der Waals surface area contributed by atoms with Crippen LogP contribution in [0.4, 0.5) is 0 Å². The van der Waals surface area contributed by atoms with Crippen molar-refractivity contribution in [3.8, 4) is 16.8 Å². The van der Waals surface area contributed by atoms with Gasteiger partial charge in [-0.2, -0.15) is 0 Å². The van der Waals surface area contributed by atoms with Crippen molar-refractivity contribution in [3.63, 3.8) is 0 Å². The maximum atomic E-state index is 6.86. The number of aliphatic imine (C=N–C) groups is 1. The Morgan fingerprint density at radius 1 is 0.474 bits per heavy atom. The summed E-state index contributed by atoms with van der Waals surface area (Å²) in [6, 6.07) is 63.6. The van der Waals surface area contributed by atoms with E-state index < -0.39 is 0 Å². The van der Waals surface area contributed by atoms with Crippen LogP contribution in [-0.2, 0) is 0 Å². The molecule has 4 heterocycles. The molecular formula is C51H34N4O2. The lowest BCUT2D eigenvalue weighted by molar-refractivity contribution is 0.410. The van der Waals surface area contributed by atoms with Crippen LogP contribution in [-0.4, -0.2) is 10.4 Å². The molecule has 0 fully saturated rings. The first-order valence-corrected chi connectivity index (χ1v) is 19.4. The van der Waals surface area contributed by atoms with Crippen LogP contribution in [0, 0.1) is 0 Å². The quantitative estimate of drug-likeness (QED) is 0.185. The molecule has 2 unspecified atom stereocenters. The second-order valence-electron chi connectivity index (χ2n) is 14.7. The number of rotatable bonds is 5. The predicted molar refractivity (Wildman–Crippen MR) is 232 cm³/mol. The minimum absolute atomic E-state index is 0.147. The normalized spacial score (nSPS) is 15.9. The number of benzene rings is 8. The summed E-state index contributed by atoms with van der Waals surface area (Å²) in [4.78, 5) is 5.28. The number of fused-ring (bicyclic) bond motifs is 9. The Morgan fingerprint density at radius 2 is 1.02 bits per heavy atom. The number of hydrogen-bond acceptors (Lipinski definition) is 5. The first-order valence-electron chi connectivity index (χ1n) is 19.4. The molecule has 0 saturated carbocycles. The molecule has 0 aliphatic carbocycles. The zero-order valence-electron chi connectivity index (χ0n) is 30.7. The van der Waals surface area contributed by atoms with E-state index in [-0.39, 0.29) is 12.3 Å². The molecule has 12 rings (SSSR count). The molecule has 2 atom stereocenters. The topological polar surface area (TPSA) is 67.6 Å². The summed E-state index contributed by atoms with van der Waals surface area (Å²) < 4.78 is 16.1. The molecule has 0 bridgehead atoms. The van der Waals surface area contributed by atoms with Gasteiger partial charge in [0, 0.05) is 49.2 Å². The van der Waals surface area contributed by atoms with Gasteiger partial charge in [-0.05, 0) is 35.9 Å². The average molecular weight is 735 g/mol. The lowest BCUT2D eigenvalue weighted by Gasteiger charge is -2.32. The van der Waals surface area contributed by atoms with Crippen LogP contribution in [0.2, 0.25) is 0 Å². The summed E-state index contributed by atoms with van der Waals surface area (Å²) in [6.07, 6.45) is -0.483. The third-order valence-electron chi connectivity index (χ3n) is 11.5. The fraction of sp³-hybridized carbons (Fsp3) is 0.0392. The van der Waals surface area contributed by atoms with Crippen molar-refractivity contribution in [3.05, 3.63) is 199 Å². The molecule has 0 amide bonds. The highest BCUT2D eigenvalue weighted by Crippen LogP contribution is 2.45. The monoisotopic (exact) mass is 734 g/mol. The minimum Gasteiger partial charge on any atom is -0.455 e. The molecule has 270 valence electrons. The van der Waals surface area contributed by atoms with Crippen molar-refractivity contribution in [2.45, 2.75) is 12.3 Å². The Kier molecular flexibility index (Phi) is 7.03. The number of hydrogen-bond donors (Lipinski definition) is 2. The van der Waals surface area contributed by atoms with Crippen molar-refractivity contribution < 1.29 is 8.83 Å². The molecule has 8 aromatic carbocycles. The highest BCUT2D eigenvalue weighted by molar-refractivity contribution is 6.18. The van der Waals surface area contributed by atoms with Gasteiger partial charge in [0.2, 0.25) is 0 Å². The first kappa shape index (κ1) is 31.9. The molecule has 6 nitrogen and oxygen atoms in total. The van der Waals surface area contributed by atoms with Gasteiger partial charge in [0.15, 0.2) is 0 Å². The molecule has 0 radical (unpaired) electrons. The average Bonchev–Trinajstić information content (AvgIpc) is 3.97. The molecule has 0 saturated heterocycles. The number of amidine groups is 1. The highest BCUT2D eigenvalue weighted by Gasteiger charge is 2.28. The van der Waals surface area contributed by atoms with Crippen molar-refractivity contribution in [1.29, 1.82) is 0 Å². The Morgan fingerprint density at radius 3 is 1.70 bits per heavy atom. The number of aromatic nitrogens is 1. The van der Waals surface area contributed by atoms with Gasteiger partial charge in [-0.1, -0.05) is 152 Å². The largest absolute Gasteiger partial charge is 0.455 e. The van der Waals surface area contributed by atoms with Crippen LogP contribution >= 0.6 is 0 Å². The first-order chi connectivity index (χ1) is 28.3. The third kappa shape index (κ3) is 4.91. The minimum atomic E-state index is -0.335. The van der Waals surface area contributed by atoms with Gasteiger partial charge in [-0.25, -0.2) is 4.99 Å². The van der Waals surface area contributed by atoms with Gasteiger partial charge in [0.05, 0.1) is 22.1 Å². The smallest absolute Gasteiger partial charge is 0.143 e. The fourth-order valence-electron chi connectivity index (χ4n) is 9.00. The summed E-state index contributed by atoms with van der Waals surface area (Å²) >= 11 is 0. The predicted octanol–water partition coefficient (Wildman–Crippen LogP) is 12.6. The molecule has 11 aromatic rings. The lowest BCUT2D eigenvalue weighted by Crippen LogP contribution is -2.44. The molecular weight excluding hydrogens is 701 g/mol. The summed E-state index contributed by atoms with van der Waals surface area (Å²) in [5, 5.41) is 14.1. The van der Waals surface area contributed by atoms with E-state index in [2.05, 4.69) is 173 Å². The highest BCUT2D eigenvalue weighted by atomic mass is 16.3. The van der Waals surface area contributed by atoms with Crippen molar-refractivity contribution in [2.75, 3.05) is 0 Å². The molecule has 57 heavy (non-hydrogen) atoms. The Balaban J connectivity index is 1.04. The molecule has 2 N–H and O–H groups in total.